The lowest BCUT2D eigenvalue weighted by Crippen LogP contribution is -2.47. The molecule has 5 nitrogen and oxygen atoms in total. The van der Waals surface area contributed by atoms with Gasteiger partial charge in [0, 0.05) is 18.7 Å². The maximum atomic E-state index is 13.1. The van der Waals surface area contributed by atoms with Crippen LogP contribution in [0.4, 0.5) is 13.2 Å². The Morgan fingerprint density at radius 3 is 2.45 bits per heavy atom. The van der Waals surface area contributed by atoms with Gasteiger partial charge in [0.15, 0.2) is 0 Å². The van der Waals surface area contributed by atoms with Gasteiger partial charge in [-0.2, -0.15) is 0 Å². The van der Waals surface area contributed by atoms with E-state index in [9.17, 15) is 22.8 Å². The highest BCUT2D eigenvalue weighted by Gasteiger charge is 2.31. The van der Waals surface area contributed by atoms with Gasteiger partial charge in [0.05, 0.1) is 0 Å². The molecule has 4 rings (SSSR count). The van der Waals surface area contributed by atoms with Crippen molar-refractivity contribution in [3.63, 3.8) is 0 Å². The van der Waals surface area contributed by atoms with E-state index < -0.39 is 12.4 Å². The van der Waals surface area contributed by atoms with Gasteiger partial charge in [-0.15, -0.1) is 13.2 Å². The molecule has 2 amide bonds. The number of amides is 2. The predicted octanol–water partition coefficient (Wildman–Crippen LogP) is 5.05. The SMILES string of the molecule is O=C(NC1CCCCN(Cc2ccc(OC(F)(F)F)cc2)C1=O)c1ccc2ccccc2c1. The van der Waals surface area contributed by atoms with Crippen LogP contribution in [0.1, 0.15) is 35.2 Å². The zero-order valence-electron chi connectivity index (χ0n) is 17.8. The molecule has 3 aromatic carbocycles. The Labute approximate surface area is 189 Å². The summed E-state index contributed by atoms with van der Waals surface area (Å²) in [6, 6.07) is 17.9. The van der Waals surface area contributed by atoms with Crippen molar-refractivity contribution >= 4 is 22.6 Å². The Hall–Kier alpha value is -3.55. The second-order valence-electron chi connectivity index (χ2n) is 8.04. The molecule has 8 heteroatoms. The number of hydrogen-bond donors (Lipinski definition) is 1. The fraction of sp³-hybridized carbons (Fsp3) is 0.280. The first-order valence-corrected chi connectivity index (χ1v) is 10.7. The van der Waals surface area contributed by atoms with E-state index in [4.69, 9.17) is 0 Å². The van der Waals surface area contributed by atoms with E-state index in [0.717, 1.165) is 23.6 Å². The fourth-order valence-electron chi connectivity index (χ4n) is 3.99. The molecule has 1 saturated heterocycles. The van der Waals surface area contributed by atoms with Gasteiger partial charge in [-0.05, 0) is 59.9 Å². The summed E-state index contributed by atoms with van der Waals surface area (Å²) in [4.78, 5) is 27.6. The first-order valence-electron chi connectivity index (χ1n) is 10.7. The van der Waals surface area contributed by atoms with Gasteiger partial charge in [-0.25, -0.2) is 0 Å². The van der Waals surface area contributed by atoms with Crippen LogP contribution in [-0.4, -0.2) is 35.7 Å². The molecule has 1 aliphatic rings. The van der Waals surface area contributed by atoms with Crippen LogP contribution in [0.25, 0.3) is 10.8 Å². The summed E-state index contributed by atoms with van der Waals surface area (Å²) < 4.78 is 40.9. The lowest BCUT2D eigenvalue weighted by atomic mass is 10.1. The van der Waals surface area contributed by atoms with Gasteiger partial charge >= 0.3 is 6.36 Å². The quantitative estimate of drug-likeness (QED) is 0.585. The van der Waals surface area contributed by atoms with Crippen molar-refractivity contribution in [1.29, 1.82) is 0 Å². The minimum absolute atomic E-state index is 0.197. The van der Waals surface area contributed by atoms with Gasteiger partial charge in [-0.3, -0.25) is 9.59 Å². The number of halogens is 3. The Kier molecular flexibility index (Phi) is 6.53. The minimum Gasteiger partial charge on any atom is -0.406 e. The third-order valence-electron chi connectivity index (χ3n) is 5.63. The number of nitrogens with one attached hydrogen (secondary N) is 1. The first kappa shape index (κ1) is 22.6. The van der Waals surface area contributed by atoms with Gasteiger partial charge in [0.25, 0.3) is 5.91 Å². The molecule has 172 valence electrons. The normalized spacial score (nSPS) is 17.0. The van der Waals surface area contributed by atoms with Crippen LogP contribution >= 0.6 is 0 Å². The highest BCUT2D eigenvalue weighted by molar-refractivity contribution is 6.00. The molecule has 1 fully saturated rings. The van der Waals surface area contributed by atoms with E-state index >= 15 is 0 Å². The van der Waals surface area contributed by atoms with Crippen LogP contribution in [0.15, 0.2) is 66.7 Å². The van der Waals surface area contributed by atoms with E-state index in [-0.39, 0.29) is 24.1 Å². The Bertz CT molecular complexity index is 1150. The van der Waals surface area contributed by atoms with Crippen molar-refractivity contribution in [2.45, 2.75) is 38.2 Å². The number of ether oxygens (including phenoxy) is 1. The first-order chi connectivity index (χ1) is 15.8. The second kappa shape index (κ2) is 9.52. The molecule has 1 aliphatic heterocycles. The van der Waals surface area contributed by atoms with Crippen LogP contribution in [0.3, 0.4) is 0 Å². The van der Waals surface area contributed by atoms with E-state index in [2.05, 4.69) is 10.1 Å². The number of carbonyl (C=O) groups excluding carboxylic acids is 2. The highest BCUT2D eigenvalue weighted by atomic mass is 19.4. The van der Waals surface area contributed by atoms with Crippen molar-refractivity contribution in [2.24, 2.45) is 0 Å². The average molecular weight is 456 g/mol. The summed E-state index contributed by atoms with van der Waals surface area (Å²) in [6.07, 6.45) is -2.65. The topological polar surface area (TPSA) is 58.6 Å². The lowest BCUT2D eigenvalue weighted by Gasteiger charge is -2.25. The molecule has 0 radical (unpaired) electrons. The molecule has 33 heavy (non-hydrogen) atoms. The molecule has 0 aromatic heterocycles. The van der Waals surface area contributed by atoms with E-state index in [0.29, 0.717) is 24.1 Å². The second-order valence-corrected chi connectivity index (χ2v) is 8.04. The van der Waals surface area contributed by atoms with Crippen LogP contribution in [0, 0.1) is 0 Å². The molecule has 0 spiro atoms. The molecule has 1 unspecified atom stereocenters. The summed E-state index contributed by atoms with van der Waals surface area (Å²) in [5.74, 6) is -0.819. The van der Waals surface area contributed by atoms with Crippen LogP contribution in [0.5, 0.6) is 5.75 Å². The van der Waals surface area contributed by atoms with E-state index in [1.807, 2.05) is 30.3 Å². The number of fused-ring (bicyclic) bond motifs is 1. The Morgan fingerprint density at radius 2 is 1.73 bits per heavy atom. The molecule has 1 atom stereocenters. The number of hydrogen-bond acceptors (Lipinski definition) is 3. The highest BCUT2D eigenvalue weighted by Crippen LogP contribution is 2.24. The number of rotatable bonds is 5. The molecule has 0 saturated carbocycles. The maximum Gasteiger partial charge on any atom is 0.573 e. The smallest absolute Gasteiger partial charge is 0.406 e. The molecule has 0 bridgehead atoms. The fourth-order valence-corrected chi connectivity index (χ4v) is 3.99. The Balaban J connectivity index is 1.43. The number of nitrogens with zero attached hydrogens (tertiary/aromatic N) is 1. The summed E-state index contributed by atoms with van der Waals surface area (Å²) in [7, 11) is 0. The standard InChI is InChI=1S/C25H23F3N2O3/c26-25(27,28)33-21-12-8-17(9-13-21)16-30-14-4-3-7-22(24(30)32)29-23(31)20-11-10-18-5-1-2-6-19(18)15-20/h1-2,5-6,8-13,15,22H,3-4,7,14,16H2,(H,29,31). The number of alkyl halides is 3. The zero-order chi connectivity index (χ0) is 23.4. The van der Waals surface area contributed by atoms with Crippen molar-refractivity contribution in [2.75, 3.05) is 6.54 Å². The molecule has 1 heterocycles. The third-order valence-corrected chi connectivity index (χ3v) is 5.63. The van der Waals surface area contributed by atoms with Crippen LogP contribution < -0.4 is 10.1 Å². The molecule has 1 N–H and O–H groups in total. The van der Waals surface area contributed by atoms with Crippen molar-refractivity contribution in [1.82, 2.24) is 10.2 Å². The number of benzene rings is 3. The minimum atomic E-state index is -4.75. The van der Waals surface area contributed by atoms with Crippen molar-refractivity contribution in [3.8, 4) is 5.75 Å². The van der Waals surface area contributed by atoms with Gasteiger partial charge in [-0.1, -0.05) is 42.5 Å². The monoisotopic (exact) mass is 456 g/mol. The Morgan fingerprint density at radius 1 is 1.00 bits per heavy atom. The summed E-state index contributed by atoms with van der Waals surface area (Å²) in [5, 5.41) is 4.83. The van der Waals surface area contributed by atoms with E-state index in [1.165, 1.54) is 24.3 Å². The summed E-state index contributed by atoms with van der Waals surface area (Å²) >= 11 is 0. The summed E-state index contributed by atoms with van der Waals surface area (Å²) in [6.45, 7) is 0.759. The lowest BCUT2D eigenvalue weighted by molar-refractivity contribution is -0.274. The summed E-state index contributed by atoms with van der Waals surface area (Å²) in [5.41, 5.74) is 1.16. The predicted molar refractivity (Wildman–Crippen MR) is 118 cm³/mol. The molecule has 3 aromatic rings. The number of likely N-dealkylation sites (tertiary alicyclic amines) is 1. The average Bonchev–Trinajstić information content (AvgIpc) is 2.95. The van der Waals surface area contributed by atoms with Crippen LogP contribution in [-0.2, 0) is 11.3 Å². The molecule has 0 aliphatic carbocycles. The molecular formula is C25H23F3N2O3. The van der Waals surface area contributed by atoms with Crippen molar-refractivity contribution in [3.05, 3.63) is 77.9 Å². The largest absolute Gasteiger partial charge is 0.573 e. The molecular weight excluding hydrogens is 433 g/mol. The van der Waals surface area contributed by atoms with Crippen molar-refractivity contribution < 1.29 is 27.5 Å². The zero-order valence-corrected chi connectivity index (χ0v) is 17.8. The number of carbonyl (C=O) groups is 2. The van der Waals surface area contributed by atoms with E-state index in [1.54, 1.807) is 17.0 Å². The van der Waals surface area contributed by atoms with Gasteiger partial charge < -0.3 is 15.0 Å². The van der Waals surface area contributed by atoms with Crippen LogP contribution in [0.2, 0.25) is 0 Å². The van der Waals surface area contributed by atoms with Gasteiger partial charge in [0.2, 0.25) is 5.91 Å². The third kappa shape index (κ3) is 5.83. The maximum absolute atomic E-state index is 13.1. The van der Waals surface area contributed by atoms with Gasteiger partial charge in [0.1, 0.15) is 11.8 Å².